The van der Waals surface area contributed by atoms with Gasteiger partial charge in [0.1, 0.15) is 0 Å². The van der Waals surface area contributed by atoms with Gasteiger partial charge >= 0.3 is 0 Å². The predicted octanol–water partition coefficient (Wildman–Crippen LogP) is 0.217. The van der Waals surface area contributed by atoms with E-state index in [9.17, 15) is 0 Å². The molecule has 3 nitrogen and oxygen atoms in total. The fraction of sp³-hybridized carbons (Fsp3) is 1.00. The molecule has 2 N–H and O–H groups in total. The highest BCUT2D eigenvalue weighted by molar-refractivity contribution is 4.60. The molecule has 0 unspecified atom stereocenters. The van der Waals surface area contributed by atoms with E-state index in [1.807, 2.05) is 6.92 Å². The van der Waals surface area contributed by atoms with Gasteiger partial charge in [-0.05, 0) is 47.6 Å². The van der Waals surface area contributed by atoms with Gasteiger partial charge in [-0.2, -0.15) is 0 Å². The Bertz CT molecular complexity index is 102. The van der Waals surface area contributed by atoms with Gasteiger partial charge in [0, 0.05) is 12.6 Å². The molecule has 0 spiro atoms. The lowest BCUT2D eigenvalue weighted by molar-refractivity contribution is 0.289. The molecule has 0 radical (unpaired) electrons. The van der Waals surface area contributed by atoms with Crippen LogP contribution >= 0.6 is 0 Å². The first kappa shape index (κ1) is 11.9. The number of rotatable bonds is 6. The Morgan fingerprint density at radius 1 is 1.17 bits per heavy atom. The van der Waals surface area contributed by atoms with Gasteiger partial charge in [0.25, 0.3) is 0 Å². The third-order valence-electron chi connectivity index (χ3n) is 1.74. The second-order valence-electron chi connectivity index (χ2n) is 3.90. The van der Waals surface area contributed by atoms with Crippen molar-refractivity contribution in [3.8, 4) is 0 Å². The summed E-state index contributed by atoms with van der Waals surface area (Å²) < 4.78 is 0. The third kappa shape index (κ3) is 7.98. The van der Waals surface area contributed by atoms with Crippen LogP contribution in [0.15, 0.2) is 0 Å². The molecule has 0 aromatic carbocycles. The van der Waals surface area contributed by atoms with Crippen molar-refractivity contribution in [2.45, 2.75) is 19.4 Å². The monoisotopic (exact) mass is 173 g/mol. The summed E-state index contributed by atoms with van der Waals surface area (Å²) in [5.74, 6) is 0. The average Bonchev–Trinajstić information content (AvgIpc) is 1.84. The van der Waals surface area contributed by atoms with Crippen molar-refractivity contribution >= 4 is 0 Å². The summed E-state index contributed by atoms with van der Waals surface area (Å²) in [4.78, 5) is 4.49. The summed E-state index contributed by atoms with van der Waals surface area (Å²) in [6, 6.07) is 0.286. The SMILES string of the molecule is C[C@H](N)CN(C)CCCN(C)C. The second kappa shape index (κ2) is 6.40. The van der Waals surface area contributed by atoms with Crippen LogP contribution in [0.5, 0.6) is 0 Å². The van der Waals surface area contributed by atoms with Crippen LogP contribution in [-0.4, -0.2) is 56.6 Å². The van der Waals surface area contributed by atoms with Crippen LogP contribution in [0, 0.1) is 0 Å². The van der Waals surface area contributed by atoms with Crippen LogP contribution in [0.1, 0.15) is 13.3 Å². The minimum Gasteiger partial charge on any atom is -0.327 e. The maximum Gasteiger partial charge on any atom is 0.0139 e. The van der Waals surface area contributed by atoms with Crippen LogP contribution in [-0.2, 0) is 0 Å². The molecule has 0 bridgehead atoms. The lowest BCUT2D eigenvalue weighted by Gasteiger charge is -2.19. The maximum absolute atomic E-state index is 5.67. The van der Waals surface area contributed by atoms with Crippen molar-refractivity contribution in [1.82, 2.24) is 9.80 Å². The maximum atomic E-state index is 5.67. The Labute approximate surface area is 76.5 Å². The van der Waals surface area contributed by atoms with E-state index >= 15 is 0 Å². The first-order valence-electron chi connectivity index (χ1n) is 4.61. The van der Waals surface area contributed by atoms with Crippen LogP contribution in [0.4, 0.5) is 0 Å². The molecule has 0 fully saturated rings. The predicted molar refractivity (Wildman–Crippen MR) is 54.3 cm³/mol. The third-order valence-corrected chi connectivity index (χ3v) is 1.74. The largest absolute Gasteiger partial charge is 0.327 e. The summed E-state index contributed by atoms with van der Waals surface area (Å²) >= 11 is 0. The molecule has 0 aromatic rings. The Morgan fingerprint density at radius 2 is 1.75 bits per heavy atom. The molecule has 0 aliphatic carbocycles. The van der Waals surface area contributed by atoms with Gasteiger partial charge in [-0.25, -0.2) is 0 Å². The van der Waals surface area contributed by atoms with Crippen molar-refractivity contribution in [2.24, 2.45) is 5.73 Å². The summed E-state index contributed by atoms with van der Waals surface area (Å²) in [6.45, 7) is 5.33. The first-order chi connectivity index (χ1) is 5.52. The molecule has 1 atom stereocenters. The Morgan fingerprint density at radius 3 is 2.17 bits per heavy atom. The van der Waals surface area contributed by atoms with E-state index in [4.69, 9.17) is 5.73 Å². The molecule has 3 heteroatoms. The molecular weight excluding hydrogens is 150 g/mol. The Kier molecular flexibility index (Phi) is 6.34. The van der Waals surface area contributed by atoms with E-state index in [-0.39, 0.29) is 6.04 Å². The fourth-order valence-electron chi connectivity index (χ4n) is 1.24. The number of nitrogens with zero attached hydrogens (tertiary/aromatic N) is 2. The summed E-state index contributed by atoms with van der Waals surface area (Å²) in [6.07, 6.45) is 1.22. The molecule has 0 saturated heterocycles. The zero-order chi connectivity index (χ0) is 9.56. The molecule has 74 valence electrons. The highest BCUT2D eigenvalue weighted by atomic mass is 15.1. The number of hydrogen-bond acceptors (Lipinski definition) is 3. The molecule has 0 rings (SSSR count). The quantitative estimate of drug-likeness (QED) is 0.623. The molecular formula is C9H23N3. The molecule has 0 amide bonds. The van der Waals surface area contributed by atoms with Crippen molar-refractivity contribution in [3.63, 3.8) is 0 Å². The highest BCUT2D eigenvalue weighted by Crippen LogP contribution is 1.90. The lowest BCUT2D eigenvalue weighted by atomic mass is 10.3. The zero-order valence-electron chi connectivity index (χ0n) is 8.88. The van der Waals surface area contributed by atoms with Gasteiger partial charge in [0.2, 0.25) is 0 Å². The standard InChI is InChI=1S/C9H23N3/c1-9(10)8-12(4)7-5-6-11(2)3/h9H,5-8,10H2,1-4H3/t9-/m0/s1. The normalized spacial score (nSPS) is 14.2. The van der Waals surface area contributed by atoms with Gasteiger partial charge in [0.05, 0.1) is 0 Å². The van der Waals surface area contributed by atoms with Gasteiger partial charge < -0.3 is 15.5 Å². The van der Waals surface area contributed by atoms with Crippen molar-refractivity contribution in [1.29, 1.82) is 0 Å². The van der Waals surface area contributed by atoms with Gasteiger partial charge in [-0.1, -0.05) is 0 Å². The molecule has 0 aromatic heterocycles. The van der Waals surface area contributed by atoms with Gasteiger partial charge in [0.15, 0.2) is 0 Å². The minimum atomic E-state index is 0.286. The second-order valence-corrected chi connectivity index (χ2v) is 3.90. The van der Waals surface area contributed by atoms with Crippen LogP contribution < -0.4 is 5.73 Å². The number of likely N-dealkylation sites (N-methyl/N-ethyl adjacent to an activating group) is 1. The Balaban J connectivity index is 3.25. The average molecular weight is 173 g/mol. The van der Waals surface area contributed by atoms with E-state index in [2.05, 4.69) is 30.9 Å². The summed E-state index contributed by atoms with van der Waals surface area (Å²) in [5.41, 5.74) is 5.67. The van der Waals surface area contributed by atoms with Gasteiger partial charge in [-0.3, -0.25) is 0 Å². The van der Waals surface area contributed by atoms with Crippen LogP contribution in [0.2, 0.25) is 0 Å². The van der Waals surface area contributed by atoms with Crippen molar-refractivity contribution < 1.29 is 0 Å². The van der Waals surface area contributed by atoms with Crippen molar-refractivity contribution in [2.75, 3.05) is 40.8 Å². The first-order valence-corrected chi connectivity index (χ1v) is 4.61. The molecule has 0 heterocycles. The van der Waals surface area contributed by atoms with Crippen LogP contribution in [0.3, 0.4) is 0 Å². The van der Waals surface area contributed by atoms with Crippen LogP contribution in [0.25, 0.3) is 0 Å². The smallest absolute Gasteiger partial charge is 0.0139 e. The topological polar surface area (TPSA) is 32.5 Å². The Hall–Kier alpha value is -0.120. The van der Waals surface area contributed by atoms with Crippen molar-refractivity contribution in [3.05, 3.63) is 0 Å². The summed E-state index contributed by atoms with van der Waals surface area (Å²) in [5, 5.41) is 0. The van der Waals surface area contributed by atoms with E-state index in [0.29, 0.717) is 0 Å². The van der Waals surface area contributed by atoms with E-state index < -0.39 is 0 Å². The number of nitrogens with two attached hydrogens (primary N) is 1. The minimum absolute atomic E-state index is 0.286. The molecule has 0 saturated carbocycles. The highest BCUT2D eigenvalue weighted by Gasteiger charge is 2.00. The van der Waals surface area contributed by atoms with E-state index in [1.165, 1.54) is 6.42 Å². The van der Waals surface area contributed by atoms with E-state index in [1.54, 1.807) is 0 Å². The zero-order valence-corrected chi connectivity index (χ0v) is 8.88. The molecule has 0 aliphatic rings. The van der Waals surface area contributed by atoms with Gasteiger partial charge in [-0.15, -0.1) is 0 Å². The summed E-state index contributed by atoms with van der Waals surface area (Å²) in [7, 11) is 6.33. The number of hydrogen-bond donors (Lipinski definition) is 1. The lowest BCUT2D eigenvalue weighted by Crippen LogP contribution is -2.34. The fourth-order valence-corrected chi connectivity index (χ4v) is 1.24. The molecule has 0 aliphatic heterocycles. The molecule has 12 heavy (non-hydrogen) atoms. The van der Waals surface area contributed by atoms with E-state index in [0.717, 1.165) is 19.6 Å².